The lowest BCUT2D eigenvalue weighted by atomic mass is 10.4. The number of carbonyl (C=O) groups excluding carboxylic acids is 1. The molecule has 16 heavy (non-hydrogen) atoms. The molecule has 0 amide bonds. The van der Waals surface area contributed by atoms with Gasteiger partial charge in [-0.1, -0.05) is 0 Å². The normalized spacial score (nSPS) is 10.4. The van der Waals surface area contributed by atoms with Crippen LogP contribution in [0.4, 0.5) is 0 Å². The van der Waals surface area contributed by atoms with Crippen LogP contribution in [0.15, 0.2) is 22.8 Å². The maximum Gasteiger partial charge on any atom is 0.360 e. The van der Waals surface area contributed by atoms with Crippen LogP contribution in [0.1, 0.15) is 22.3 Å². The minimum atomic E-state index is -0.453. The Kier molecular flexibility index (Phi) is 3.05. The number of esters is 1. The zero-order valence-electron chi connectivity index (χ0n) is 9.02. The summed E-state index contributed by atoms with van der Waals surface area (Å²) in [5, 5.41) is 0. The molecule has 4 nitrogen and oxygen atoms in total. The Hall–Kier alpha value is -1.62. The molecule has 0 aromatic carbocycles. The van der Waals surface area contributed by atoms with Crippen LogP contribution in [-0.2, 0) is 4.74 Å². The zero-order valence-corrected chi connectivity index (χ0v) is 9.84. The number of hydrogen-bond donors (Lipinski definition) is 0. The maximum absolute atomic E-state index is 11.4. The number of hydrogen-bond acceptors (Lipinski definition) is 5. The van der Waals surface area contributed by atoms with Gasteiger partial charge in [0.2, 0.25) is 5.89 Å². The van der Waals surface area contributed by atoms with Gasteiger partial charge in [-0.25, -0.2) is 9.78 Å². The summed E-state index contributed by atoms with van der Waals surface area (Å²) in [4.78, 5) is 17.5. The smallest absolute Gasteiger partial charge is 0.360 e. The molecule has 0 unspecified atom stereocenters. The molecule has 2 aromatic rings. The summed E-state index contributed by atoms with van der Waals surface area (Å²) in [5.41, 5.74) is 0.211. The van der Waals surface area contributed by atoms with Crippen molar-refractivity contribution < 1.29 is 13.9 Å². The van der Waals surface area contributed by atoms with Crippen molar-refractivity contribution >= 4 is 17.3 Å². The third-order valence-corrected chi connectivity index (χ3v) is 2.93. The van der Waals surface area contributed by atoms with Gasteiger partial charge in [0, 0.05) is 4.88 Å². The van der Waals surface area contributed by atoms with E-state index < -0.39 is 5.97 Å². The van der Waals surface area contributed by atoms with Crippen molar-refractivity contribution in [1.29, 1.82) is 0 Å². The predicted molar refractivity (Wildman–Crippen MR) is 60.5 cm³/mol. The molecule has 0 aliphatic carbocycles. The van der Waals surface area contributed by atoms with Gasteiger partial charge in [-0.3, -0.25) is 0 Å². The molecular weight excluding hydrogens is 226 g/mol. The molecule has 2 heterocycles. The highest BCUT2D eigenvalue weighted by Crippen LogP contribution is 2.26. The SMILES string of the molecule is CCOC(=O)c1coc(-c2ccc(C)s2)n1. The van der Waals surface area contributed by atoms with Gasteiger partial charge >= 0.3 is 5.97 Å². The summed E-state index contributed by atoms with van der Waals surface area (Å²) in [6, 6.07) is 3.90. The molecule has 0 fully saturated rings. The number of rotatable bonds is 3. The standard InChI is InChI=1S/C11H11NO3S/c1-3-14-11(13)8-6-15-10(12-8)9-5-4-7(2)16-9/h4-6H,3H2,1-2H3. The average Bonchev–Trinajstić information content (AvgIpc) is 2.85. The number of thiophene rings is 1. The summed E-state index contributed by atoms with van der Waals surface area (Å²) in [7, 11) is 0. The minimum absolute atomic E-state index is 0.211. The van der Waals surface area contributed by atoms with Crippen molar-refractivity contribution in [2.75, 3.05) is 6.61 Å². The number of ether oxygens (including phenoxy) is 1. The lowest BCUT2D eigenvalue weighted by Gasteiger charge is -1.94. The Bertz CT molecular complexity index is 501. The van der Waals surface area contributed by atoms with Crippen molar-refractivity contribution in [2.24, 2.45) is 0 Å². The fourth-order valence-electron chi connectivity index (χ4n) is 1.24. The molecule has 0 aliphatic rings. The van der Waals surface area contributed by atoms with Gasteiger partial charge in [-0.2, -0.15) is 0 Å². The highest BCUT2D eigenvalue weighted by Gasteiger charge is 2.14. The van der Waals surface area contributed by atoms with E-state index in [1.165, 1.54) is 11.1 Å². The molecule has 0 bridgehead atoms. The van der Waals surface area contributed by atoms with E-state index in [-0.39, 0.29) is 5.69 Å². The summed E-state index contributed by atoms with van der Waals surface area (Å²) in [6.45, 7) is 4.09. The Morgan fingerprint density at radius 3 is 3.00 bits per heavy atom. The van der Waals surface area contributed by atoms with Crippen LogP contribution in [0.25, 0.3) is 10.8 Å². The van der Waals surface area contributed by atoms with Crippen LogP contribution >= 0.6 is 11.3 Å². The van der Waals surface area contributed by atoms with Gasteiger partial charge in [0.25, 0.3) is 0 Å². The lowest BCUT2D eigenvalue weighted by Crippen LogP contribution is -2.04. The van der Waals surface area contributed by atoms with Crippen LogP contribution in [0.3, 0.4) is 0 Å². The van der Waals surface area contributed by atoms with Crippen molar-refractivity contribution in [3.05, 3.63) is 29.0 Å². The Labute approximate surface area is 96.9 Å². The van der Waals surface area contributed by atoms with Gasteiger partial charge in [-0.05, 0) is 26.0 Å². The first-order valence-electron chi connectivity index (χ1n) is 4.90. The van der Waals surface area contributed by atoms with E-state index in [2.05, 4.69) is 4.98 Å². The topological polar surface area (TPSA) is 52.3 Å². The van der Waals surface area contributed by atoms with E-state index in [1.54, 1.807) is 18.3 Å². The molecule has 0 atom stereocenters. The summed E-state index contributed by atoms with van der Waals surface area (Å²) >= 11 is 1.57. The van der Waals surface area contributed by atoms with Crippen LogP contribution in [0.2, 0.25) is 0 Å². The molecular formula is C11H11NO3S. The maximum atomic E-state index is 11.4. The van der Waals surface area contributed by atoms with Gasteiger partial charge in [0.1, 0.15) is 6.26 Å². The van der Waals surface area contributed by atoms with Gasteiger partial charge in [0.15, 0.2) is 5.69 Å². The molecule has 84 valence electrons. The Morgan fingerprint density at radius 1 is 1.56 bits per heavy atom. The van der Waals surface area contributed by atoms with E-state index in [0.717, 1.165) is 4.88 Å². The van der Waals surface area contributed by atoms with Gasteiger partial charge in [-0.15, -0.1) is 11.3 Å². The first kappa shape index (κ1) is 10.9. The van der Waals surface area contributed by atoms with E-state index >= 15 is 0 Å². The van der Waals surface area contributed by atoms with E-state index in [0.29, 0.717) is 12.5 Å². The molecule has 2 rings (SSSR count). The number of carbonyl (C=O) groups is 1. The number of oxazole rings is 1. The molecule has 0 aliphatic heterocycles. The summed E-state index contributed by atoms with van der Waals surface area (Å²) < 4.78 is 10.1. The molecule has 0 saturated heterocycles. The highest BCUT2D eigenvalue weighted by molar-refractivity contribution is 7.15. The second-order valence-corrected chi connectivity index (χ2v) is 4.46. The lowest BCUT2D eigenvalue weighted by molar-refractivity contribution is 0.0519. The third kappa shape index (κ3) is 2.14. The summed E-state index contributed by atoms with van der Waals surface area (Å²) in [5.74, 6) is 0.00642. The number of aryl methyl sites for hydroxylation is 1. The van der Waals surface area contributed by atoms with Crippen molar-refractivity contribution in [1.82, 2.24) is 4.98 Å². The van der Waals surface area contributed by atoms with Crippen molar-refractivity contribution in [3.8, 4) is 10.8 Å². The first-order valence-corrected chi connectivity index (χ1v) is 5.72. The van der Waals surface area contributed by atoms with Crippen molar-refractivity contribution in [2.45, 2.75) is 13.8 Å². The molecule has 2 aromatic heterocycles. The van der Waals surface area contributed by atoms with Crippen LogP contribution < -0.4 is 0 Å². The Balaban J connectivity index is 2.22. The van der Waals surface area contributed by atoms with Gasteiger partial charge in [0.05, 0.1) is 11.5 Å². The predicted octanol–water partition coefficient (Wildman–Crippen LogP) is 2.89. The van der Waals surface area contributed by atoms with Crippen molar-refractivity contribution in [3.63, 3.8) is 0 Å². The second-order valence-electron chi connectivity index (χ2n) is 3.17. The van der Waals surface area contributed by atoms with Gasteiger partial charge < -0.3 is 9.15 Å². The van der Waals surface area contributed by atoms with Crippen LogP contribution in [0.5, 0.6) is 0 Å². The molecule has 0 radical (unpaired) electrons. The number of nitrogens with zero attached hydrogens (tertiary/aromatic N) is 1. The largest absolute Gasteiger partial charge is 0.461 e. The Morgan fingerprint density at radius 2 is 2.38 bits per heavy atom. The highest BCUT2D eigenvalue weighted by atomic mass is 32.1. The average molecular weight is 237 g/mol. The molecule has 0 N–H and O–H groups in total. The molecule has 0 spiro atoms. The number of aromatic nitrogens is 1. The summed E-state index contributed by atoms with van der Waals surface area (Å²) in [6.07, 6.45) is 1.32. The molecule has 0 saturated carbocycles. The monoisotopic (exact) mass is 237 g/mol. The zero-order chi connectivity index (χ0) is 11.5. The minimum Gasteiger partial charge on any atom is -0.461 e. The van der Waals surface area contributed by atoms with E-state index in [9.17, 15) is 4.79 Å². The fraction of sp³-hybridized carbons (Fsp3) is 0.273. The second kappa shape index (κ2) is 4.49. The first-order chi connectivity index (χ1) is 7.70. The van der Waals surface area contributed by atoms with E-state index in [1.807, 2.05) is 19.1 Å². The quantitative estimate of drug-likeness (QED) is 0.770. The van der Waals surface area contributed by atoms with E-state index in [4.69, 9.17) is 9.15 Å². The van der Waals surface area contributed by atoms with Crippen LogP contribution in [0, 0.1) is 6.92 Å². The molecule has 5 heteroatoms. The van der Waals surface area contributed by atoms with Crippen LogP contribution in [-0.4, -0.2) is 17.6 Å². The third-order valence-electron chi connectivity index (χ3n) is 1.94. The fourth-order valence-corrected chi connectivity index (χ4v) is 2.04.